The number of halogens is 2. The number of nitrogens with one attached hydrogen (secondary N) is 2. The van der Waals surface area contributed by atoms with Gasteiger partial charge in [0.1, 0.15) is 0 Å². The van der Waals surface area contributed by atoms with Crippen LogP contribution < -0.4 is 15.5 Å². The van der Waals surface area contributed by atoms with Crippen molar-refractivity contribution in [3.63, 3.8) is 0 Å². The Morgan fingerprint density at radius 2 is 2.04 bits per heavy atom. The molecule has 3 rings (SSSR count). The number of anilines is 1. The van der Waals surface area contributed by atoms with Gasteiger partial charge in [-0.15, -0.1) is 24.0 Å². The van der Waals surface area contributed by atoms with E-state index in [2.05, 4.69) is 67.6 Å². The Bertz CT molecular complexity index is 608. The van der Waals surface area contributed by atoms with E-state index in [1.807, 2.05) is 0 Å². The number of hydrogen-bond donors (Lipinski definition) is 3. The molecule has 0 aromatic heterocycles. The molecule has 0 bridgehead atoms. The van der Waals surface area contributed by atoms with E-state index >= 15 is 0 Å². The normalized spacial score (nSPS) is 22.3. The predicted molar refractivity (Wildman–Crippen MR) is 124 cm³/mol. The monoisotopic (exact) mass is 552 g/mol. The van der Waals surface area contributed by atoms with Gasteiger partial charge in [0.25, 0.3) is 0 Å². The summed E-state index contributed by atoms with van der Waals surface area (Å²) in [4.78, 5) is 7.03. The lowest BCUT2D eigenvalue weighted by Gasteiger charge is -2.30. The summed E-state index contributed by atoms with van der Waals surface area (Å²) in [5, 5.41) is 17.4. The Labute approximate surface area is 187 Å². The number of aliphatic hydroxyl groups is 1. The van der Waals surface area contributed by atoms with Gasteiger partial charge in [-0.1, -0.05) is 15.9 Å². The van der Waals surface area contributed by atoms with Gasteiger partial charge in [0, 0.05) is 61.9 Å². The Balaban J connectivity index is 0.00000261. The van der Waals surface area contributed by atoms with Crippen molar-refractivity contribution in [2.45, 2.75) is 37.8 Å². The first kappa shape index (κ1) is 22.7. The lowest BCUT2D eigenvalue weighted by Crippen LogP contribution is -2.46. The second-order valence-electron chi connectivity index (χ2n) is 7.08. The van der Waals surface area contributed by atoms with E-state index in [1.54, 1.807) is 0 Å². The zero-order chi connectivity index (χ0) is 18.4. The number of rotatable bonds is 5. The zero-order valence-electron chi connectivity index (χ0n) is 15.8. The third-order valence-corrected chi connectivity index (χ3v) is 5.55. The molecule has 8 heteroatoms. The average Bonchev–Trinajstić information content (AvgIpc) is 3.10. The summed E-state index contributed by atoms with van der Waals surface area (Å²) < 4.78 is 6.44. The van der Waals surface area contributed by atoms with Crippen LogP contribution >= 0.6 is 39.9 Å². The Morgan fingerprint density at radius 3 is 2.70 bits per heavy atom. The smallest absolute Gasteiger partial charge is 0.191 e. The van der Waals surface area contributed by atoms with Crippen molar-refractivity contribution in [2.24, 2.45) is 4.99 Å². The first-order valence-electron chi connectivity index (χ1n) is 9.43. The van der Waals surface area contributed by atoms with Gasteiger partial charge >= 0.3 is 0 Å². The molecule has 0 saturated carbocycles. The van der Waals surface area contributed by atoms with Crippen LogP contribution in [0.25, 0.3) is 0 Å². The maximum atomic E-state index is 10.6. The van der Waals surface area contributed by atoms with Gasteiger partial charge in [0.2, 0.25) is 0 Å². The minimum atomic E-state index is -0.736. The van der Waals surface area contributed by atoms with Crippen molar-refractivity contribution >= 4 is 51.6 Å². The number of guanidine groups is 1. The third kappa shape index (κ3) is 6.76. The lowest BCUT2D eigenvalue weighted by molar-refractivity contribution is -0.0566. The molecule has 2 heterocycles. The number of aliphatic imine (C=N–C) groups is 1. The fourth-order valence-electron chi connectivity index (χ4n) is 3.41. The second kappa shape index (κ2) is 10.8. The molecular formula is C19H30BrIN4O2. The molecule has 2 saturated heterocycles. The lowest BCUT2D eigenvalue weighted by atomic mass is 9.95. The van der Waals surface area contributed by atoms with Gasteiger partial charge in [-0.2, -0.15) is 0 Å². The van der Waals surface area contributed by atoms with Crippen LogP contribution in [0.15, 0.2) is 33.7 Å². The topological polar surface area (TPSA) is 69.1 Å². The van der Waals surface area contributed by atoms with E-state index < -0.39 is 5.60 Å². The maximum absolute atomic E-state index is 10.6. The molecule has 2 aliphatic heterocycles. The molecule has 1 unspecified atom stereocenters. The molecule has 1 atom stereocenters. The fraction of sp³-hybridized carbons (Fsp3) is 0.632. The van der Waals surface area contributed by atoms with E-state index in [4.69, 9.17) is 4.74 Å². The van der Waals surface area contributed by atoms with Crippen LogP contribution in [-0.2, 0) is 4.74 Å². The summed E-state index contributed by atoms with van der Waals surface area (Å²) in [5.74, 6) is 0.787. The number of ether oxygens (including phenoxy) is 1. The summed E-state index contributed by atoms with van der Waals surface area (Å²) in [6.07, 6.45) is 2.37. The van der Waals surface area contributed by atoms with E-state index in [0.29, 0.717) is 38.6 Å². The summed E-state index contributed by atoms with van der Waals surface area (Å²) >= 11 is 3.49. The Hall–Kier alpha value is -0.580. The molecule has 27 heavy (non-hydrogen) atoms. The zero-order valence-corrected chi connectivity index (χ0v) is 19.7. The molecule has 1 aromatic rings. The highest BCUT2D eigenvalue weighted by Crippen LogP contribution is 2.23. The van der Waals surface area contributed by atoms with Gasteiger partial charge < -0.3 is 25.4 Å². The molecular weight excluding hydrogens is 523 g/mol. The van der Waals surface area contributed by atoms with Gasteiger partial charge in [-0.05, 0) is 37.6 Å². The fourth-order valence-corrected chi connectivity index (χ4v) is 3.68. The first-order valence-corrected chi connectivity index (χ1v) is 10.2. The van der Waals surface area contributed by atoms with Crippen LogP contribution in [0.3, 0.4) is 0 Å². The average molecular weight is 553 g/mol. The molecule has 2 aliphatic rings. The molecule has 2 fully saturated rings. The molecule has 0 radical (unpaired) electrons. The standard InChI is InChI=1S/C19H29BrN4O2.HI/c1-2-21-18(22-14-19(25)8-11-26-12-9-19)23-16-7-10-24(13-16)17-5-3-15(20)4-6-17;/h3-6,16,25H,2,7-14H2,1H3,(H2,21,22,23);1H. The highest BCUT2D eigenvalue weighted by atomic mass is 127. The van der Waals surface area contributed by atoms with Gasteiger partial charge in [-0.25, -0.2) is 0 Å². The van der Waals surface area contributed by atoms with Crippen molar-refractivity contribution in [3.8, 4) is 0 Å². The molecule has 1 aromatic carbocycles. The van der Waals surface area contributed by atoms with E-state index in [1.165, 1.54) is 5.69 Å². The number of hydrogen-bond acceptors (Lipinski definition) is 4. The van der Waals surface area contributed by atoms with Gasteiger partial charge in [-0.3, -0.25) is 4.99 Å². The Morgan fingerprint density at radius 1 is 1.33 bits per heavy atom. The van der Waals surface area contributed by atoms with Crippen molar-refractivity contribution in [1.82, 2.24) is 10.6 Å². The molecule has 6 nitrogen and oxygen atoms in total. The predicted octanol–water partition coefficient (Wildman–Crippen LogP) is 2.74. The van der Waals surface area contributed by atoms with Crippen LogP contribution in [0.1, 0.15) is 26.2 Å². The van der Waals surface area contributed by atoms with Gasteiger partial charge in [0.15, 0.2) is 5.96 Å². The third-order valence-electron chi connectivity index (χ3n) is 5.02. The van der Waals surface area contributed by atoms with Crippen molar-refractivity contribution in [2.75, 3.05) is 44.3 Å². The van der Waals surface area contributed by atoms with Crippen LogP contribution in [0.5, 0.6) is 0 Å². The van der Waals surface area contributed by atoms with E-state index in [-0.39, 0.29) is 24.0 Å². The molecule has 0 aliphatic carbocycles. The van der Waals surface area contributed by atoms with Crippen molar-refractivity contribution in [3.05, 3.63) is 28.7 Å². The highest BCUT2D eigenvalue weighted by Gasteiger charge is 2.30. The number of benzene rings is 1. The first-order chi connectivity index (χ1) is 12.6. The van der Waals surface area contributed by atoms with Crippen molar-refractivity contribution < 1.29 is 9.84 Å². The van der Waals surface area contributed by atoms with Crippen LogP contribution in [0.4, 0.5) is 5.69 Å². The molecule has 152 valence electrons. The van der Waals surface area contributed by atoms with Gasteiger partial charge in [0.05, 0.1) is 12.1 Å². The second-order valence-corrected chi connectivity index (χ2v) is 8.00. The minimum Gasteiger partial charge on any atom is -0.388 e. The minimum absolute atomic E-state index is 0. The number of nitrogens with zero attached hydrogens (tertiary/aromatic N) is 2. The molecule has 0 spiro atoms. The van der Waals surface area contributed by atoms with E-state index in [9.17, 15) is 5.11 Å². The maximum Gasteiger partial charge on any atom is 0.191 e. The molecule has 3 N–H and O–H groups in total. The summed E-state index contributed by atoms with van der Waals surface area (Å²) in [6, 6.07) is 8.80. The Kier molecular flexibility index (Phi) is 9.10. The SMILES string of the molecule is CCNC(=NCC1(O)CCOCC1)NC1CCN(c2ccc(Br)cc2)C1.I. The largest absolute Gasteiger partial charge is 0.388 e. The van der Waals surface area contributed by atoms with Crippen LogP contribution in [-0.4, -0.2) is 62.1 Å². The summed E-state index contributed by atoms with van der Waals surface area (Å²) in [6.45, 7) is 6.47. The van der Waals surface area contributed by atoms with Crippen LogP contribution in [0.2, 0.25) is 0 Å². The van der Waals surface area contributed by atoms with Crippen LogP contribution in [0, 0.1) is 0 Å². The quantitative estimate of drug-likeness (QED) is 0.298. The summed E-state index contributed by atoms with van der Waals surface area (Å²) in [5.41, 5.74) is 0.510. The van der Waals surface area contributed by atoms with Crippen molar-refractivity contribution in [1.29, 1.82) is 0 Å². The molecule has 0 amide bonds. The summed E-state index contributed by atoms with van der Waals surface area (Å²) in [7, 11) is 0. The van der Waals surface area contributed by atoms with E-state index in [0.717, 1.165) is 36.5 Å². The highest BCUT2D eigenvalue weighted by molar-refractivity contribution is 14.0.